The van der Waals surface area contributed by atoms with Crippen LogP contribution in [0.4, 0.5) is 0 Å². The van der Waals surface area contributed by atoms with Crippen LogP contribution in [-0.2, 0) is 11.2 Å². The van der Waals surface area contributed by atoms with Crippen LogP contribution >= 0.6 is 0 Å². The molecule has 0 aliphatic carbocycles. The third-order valence-corrected chi connectivity index (χ3v) is 4.53. The summed E-state index contributed by atoms with van der Waals surface area (Å²) in [5.41, 5.74) is 1.15. The fourth-order valence-electron chi connectivity index (χ4n) is 3.05. The molecule has 21 heavy (non-hydrogen) atoms. The van der Waals surface area contributed by atoms with Crippen molar-refractivity contribution in [1.29, 1.82) is 0 Å². The smallest absolute Gasteiger partial charge is 0.0858 e. The van der Waals surface area contributed by atoms with E-state index >= 15 is 0 Å². The molecule has 1 N–H and O–H groups in total. The molecule has 120 valence electrons. The summed E-state index contributed by atoms with van der Waals surface area (Å²) in [6.45, 7) is 7.27. The van der Waals surface area contributed by atoms with Crippen molar-refractivity contribution in [2.75, 3.05) is 33.8 Å². The first kappa shape index (κ1) is 16.5. The molecule has 2 rings (SSSR count). The van der Waals surface area contributed by atoms with Crippen molar-refractivity contribution in [1.82, 2.24) is 20.0 Å². The van der Waals surface area contributed by atoms with Crippen LogP contribution in [0, 0.1) is 0 Å². The minimum absolute atomic E-state index is 0.243. The first-order valence-corrected chi connectivity index (χ1v) is 8.19. The lowest BCUT2D eigenvalue weighted by molar-refractivity contribution is -0.0373. The predicted molar refractivity (Wildman–Crippen MR) is 85.6 cm³/mol. The van der Waals surface area contributed by atoms with Crippen molar-refractivity contribution in [3.8, 4) is 0 Å². The van der Waals surface area contributed by atoms with Crippen LogP contribution in [0.15, 0.2) is 12.3 Å². The maximum absolute atomic E-state index is 5.93. The second kappa shape index (κ2) is 7.92. The summed E-state index contributed by atoms with van der Waals surface area (Å²) in [7, 11) is 4.17. The van der Waals surface area contributed by atoms with Gasteiger partial charge in [-0.25, -0.2) is 0 Å². The minimum atomic E-state index is 0.243. The number of rotatable bonds is 7. The molecule has 0 saturated carbocycles. The Labute approximate surface area is 128 Å². The largest absolute Gasteiger partial charge is 0.374 e. The van der Waals surface area contributed by atoms with Crippen LogP contribution in [0.25, 0.3) is 0 Å². The number of aromatic nitrogens is 2. The number of likely N-dealkylation sites (N-methyl/N-ethyl adjacent to an activating group) is 2. The Balaban J connectivity index is 1.98. The summed E-state index contributed by atoms with van der Waals surface area (Å²) in [4.78, 5) is 2.33. The van der Waals surface area contributed by atoms with Crippen LogP contribution < -0.4 is 5.32 Å². The Morgan fingerprint density at radius 1 is 1.43 bits per heavy atom. The number of hydrogen-bond acceptors (Lipinski definition) is 4. The molecule has 5 heteroatoms. The lowest BCUT2D eigenvalue weighted by atomic mass is 10.0. The van der Waals surface area contributed by atoms with Crippen LogP contribution in [0.3, 0.4) is 0 Å². The van der Waals surface area contributed by atoms with Gasteiger partial charge in [-0.1, -0.05) is 13.8 Å². The molecule has 1 saturated heterocycles. The van der Waals surface area contributed by atoms with Gasteiger partial charge in [0, 0.05) is 31.7 Å². The Kier molecular flexibility index (Phi) is 6.21. The van der Waals surface area contributed by atoms with E-state index in [4.69, 9.17) is 9.84 Å². The average Bonchev–Trinajstić information content (AvgIpc) is 2.94. The molecular formula is C16H30N4O. The summed E-state index contributed by atoms with van der Waals surface area (Å²) in [5, 5.41) is 8.17. The fraction of sp³-hybridized carbons (Fsp3) is 0.812. The zero-order valence-electron chi connectivity index (χ0n) is 13.9. The Hall–Kier alpha value is -0.910. The molecule has 1 aliphatic rings. The fourth-order valence-corrected chi connectivity index (χ4v) is 3.05. The highest BCUT2D eigenvalue weighted by atomic mass is 16.5. The standard InChI is InChI=1S/C16H30N4O/c1-5-14(6-2)20-8-7-13(18-20)11-15(17-3)16-12-19(4)9-10-21-16/h7-8,14-17H,5-6,9-12H2,1-4H3. The third kappa shape index (κ3) is 4.28. The summed E-state index contributed by atoms with van der Waals surface area (Å²) in [6, 6.07) is 2.98. The van der Waals surface area contributed by atoms with E-state index in [9.17, 15) is 0 Å². The minimum Gasteiger partial charge on any atom is -0.374 e. The number of nitrogens with zero attached hydrogens (tertiary/aromatic N) is 3. The molecule has 0 radical (unpaired) electrons. The average molecular weight is 294 g/mol. The van der Waals surface area contributed by atoms with E-state index < -0.39 is 0 Å². The highest BCUT2D eigenvalue weighted by Crippen LogP contribution is 2.16. The van der Waals surface area contributed by atoms with E-state index in [1.54, 1.807) is 0 Å². The van der Waals surface area contributed by atoms with Crippen LogP contribution in [-0.4, -0.2) is 60.6 Å². The molecule has 2 atom stereocenters. The van der Waals surface area contributed by atoms with Crippen LogP contribution in [0.2, 0.25) is 0 Å². The number of ether oxygens (including phenoxy) is 1. The monoisotopic (exact) mass is 294 g/mol. The SMILES string of the molecule is CCC(CC)n1ccc(CC(NC)C2CN(C)CCO2)n1. The lowest BCUT2D eigenvalue weighted by Gasteiger charge is -2.34. The first-order chi connectivity index (χ1) is 10.2. The molecule has 0 bridgehead atoms. The molecular weight excluding hydrogens is 264 g/mol. The van der Waals surface area contributed by atoms with E-state index in [1.165, 1.54) is 0 Å². The highest BCUT2D eigenvalue weighted by molar-refractivity contribution is 5.04. The third-order valence-electron chi connectivity index (χ3n) is 4.53. The van der Waals surface area contributed by atoms with Gasteiger partial charge in [0.15, 0.2) is 0 Å². The van der Waals surface area contributed by atoms with Crippen LogP contribution in [0.5, 0.6) is 0 Å². The second-order valence-electron chi connectivity index (χ2n) is 6.03. The van der Waals surface area contributed by atoms with Gasteiger partial charge in [0.25, 0.3) is 0 Å². The number of morpholine rings is 1. The van der Waals surface area contributed by atoms with Crippen molar-refractivity contribution in [2.24, 2.45) is 0 Å². The van der Waals surface area contributed by atoms with E-state index in [-0.39, 0.29) is 6.10 Å². The topological polar surface area (TPSA) is 42.3 Å². The molecule has 1 aromatic rings. The molecule has 1 fully saturated rings. The van der Waals surface area contributed by atoms with Gasteiger partial charge in [-0.2, -0.15) is 5.10 Å². The maximum atomic E-state index is 5.93. The Bertz CT molecular complexity index is 416. The van der Waals surface area contributed by atoms with Gasteiger partial charge in [-0.15, -0.1) is 0 Å². The van der Waals surface area contributed by atoms with Crippen molar-refractivity contribution >= 4 is 0 Å². The summed E-state index contributed by atoms with van der Waals surface area (Å²) < 4.78 is 8.05. The van der Waals surface area contributed by atoms with Gasteiger partial charge in [-0.05, 0) is 33.0 Å². The lowest BCUT2D eigenvalue weighted by Crippen LogP contribution is -2.51. The van der Waals surface area contributed by atoms with Crippen molar-refractivity contribution in [3.63, 3.8) is 0 Å². The highest BCUT2D eigenvalue weighted by Gasteiger charge is 2.26. The van der Waals surface area contributed by atoms with Gasteiger partial charge in [0.1, 0.15) is 0 Å². The van der Waals surface area contributed by atoms with E-state index in [1.807, 2.05) is 7.05 Å². The molecule has 0 spiro atoms. The predicted octanol–water partition coefficient (Wildman–Crippen LogP) is 1.71. The number of nitrogens with one attached hydrogen (secondary N) is 1. The Morgan fingerprint density at radius 3 is 2.81 bits per heavy atom. The molecule has 1 aliphatic heterocycles. The molecule has 0 aromatic carbocycles. The van der Waals surface area contributed by atoms with Crippen molar-refractivity contribution in [2.45, 2.75) is 51.3 Å². The summed E-state index contributed by atoms with van der Waals surface area (Å²) >= 11 is 0. The molecule has 5 nitrogen and oxygen atoms in total. The molecule has 0 amide bonds. The summed E-state index contributed by atoms with van der Waals surface area (Å²) in [6.07, 6.45) is 5.54. The quantitative estimate of drug-likeness (QED) is 0.831. The van der Waals surface area contributed by atoms with E-state index in [2.05, 4.69) is 48.1 Å². The molecule has 1 aromatic heterocycles. The van der Waals surface area contributed by atoms with Crippen molar-refractivity contribution < 1.29 is 4.74 Å². The first-order valence-electron chi connectivity index (χ1n) is 8.19. The number of hydrogen-bond donors (Lipinski definition) is 1. The zero-order valence-corrected chi connectivity index (χ0v) is 13.9. The zero-order chi connectivity index (χ0) is 15.2. The van der Waals surface area contributed by atoms with Gasteiger partial charge in [0.05, 0.1) is 24.4 Å². The molecule has 2 heterocycles. The van der Waals surface area contributed by atoms with Gasteiger partial charge in [0.2, 0.25) is 0 Å². The van der Waals surface area contributed by atoms with Gasteiger partial charge in [-0.3, -0.25) is 4.68 Å². The van der Waals surface area contributed by atoms with Gasteiger partial charge < -0.3 is 15.0 Å². The summed E-state index contributed by atoms with van der Waals surface area (Å²) in [5.74, 6) is 0. The maximum Gasteiger partial charge on any atom is 0.0858 e. The Morgan fingerprint density at radius 2 is 2.19 bits per heavy atom. The van der Waals surface area contributed by atoms with Crippen LogP contribution in [0.1, 0.15) is 38.4 Å². The normalized spacial score (nSPS) is 21.9. The van der Waals surface area contributed by atoms with Crippen molar-refractivity contribution in [3.05, 3.63) is 18.0 Å². The van der Waals surface area contributed by atoms with Gasteiger partial charge >= 0.3 is 0 Å². The van der Waals surface area contributed by atoms with E-state index in [0.717, 1.165) is 44.7 Å². The molecule has 2 unspecified atom stereocenters. The van der Waals surface area contributed by atoms with E-state index in [0.29, 0.717) is 12.1 Å². The second-order valence-corrected chi connectivity index (χ2v) is 6.03.